The summed E-state index contributed by atoms with van der Waals surface area (Å²) in [5, 5.41) is 20.6. The highest BCUT2D eigenvalue weighted by atomic mass is 19.1. The van der Waals surface area contributed by atoms with E-state index in [0.29, 0.717) is 22.6 Å². The zero-order chi connectivity index (χ0) is 30.2. The summed E-state index contributed by atoms with van der Waals surface area (Å²) in [5.74, 6) is -2.25. The van der Waals surface area contributed by atoms with E-state index in [1.54, 1.807) is 36.7 Å². The van der Waals surface area contributed by atoms with Crippen LogP contribution in [0.5, 0.6) is 0 Å². The summed E-state index contributed by atoms with van der Waals surface area (Å²) in [7, 11) is 0. The summed E-state index contributed by atoms with van der Waals surface area (Å²) in [4.78, 5) is 25.9. The van der Waals surface area contributed by atoms with Gasteiger partial charge in [0.15, 0.2) is 6.10 Å². The Kier molecular flexibility index (Phi) is 8.60. The molecule has 2 atom stereocenters. The van der Waals surface area contributed by atoms with E-state index in [-0.39, 0.29) is 5.41 Å². The molecule has 3 N–H and O–H groups in total. The van der Waals surface area contributed by atoms with Gasteiger partial charge in [-0.15, -0.1) is 0 Å². The Hall–Kier alpha value is -3.59. The number of halogens is 2. The number of carbonyl (C=O) groups is 2. The molecule has 0 bridgehead atoms. The van der Waals surface area contributed by atoms with E-state index < -0.39 is 46.5 Å². The van der Waals surface area contributed by atoms with Crippen molar-refractivity contribution in [3.05, 3.63) is 82.5 Å². The Bertz CT molecular complexity index is 1360. The topological polar surface area (TPSA) is 96.2 Å². The third-order valence-electron chi connectivity index (χ3n) is 6.91. The van der Waals surface area contributed by atoms with E-state index in [9.17, 15) is 23.5 Å². The van der Waals surface area contributed by atoms with Crippen molar-refractivity contribution in [1.82, 2.24) is 15.1 Å². The van der Waals surface area contributed by atoms with Crippen LogP contribution in [0.3, 0.4) is 0 Å². The predicted octanol–water partition coefficient (Wildman–Crippen LogP) is 5.72. The maximum absolute atomic E-state index is 14.0. The molecule has 216 valence electrons. The normalized spacial score (nSPS) is 14.0. The van der Waals surface area contributed by atoms with Crippen molar-refractivity contribution in [3.8, 4) is 0 Å². The molecule has 0 aliphatic carbocycles. The highest BCUT2D eigenvalue weighted by molar-refractivity contribution is 5.97. The Morgan fingerprint density at radius 2 is 1.40 bits per heavy atom. The molecule has 0 aliphatic rings. The predicted molar refractivity (Wildman–Crippen MR) is 152 cm³/mol. The molecule has 3 aromatic rings. The fourth-order valence-electron chi connectivity index (χ4n) is 4.26. The number of aromatic nitrogens is 2. The van der Waals surface area contributed by atoms with Crippen LogP contribution in [0.4, 0.5) is 14.6 Å². The van der Waals surface area contributed by atoms with Gasteiger partial charge in [-0.05, 0) is 61.9 Å². The molecule has 1 heterocycles. The summed E-state index contributed by atoms with van der Waals surface area (Å²) in [6, 6.07) is 11.1. The maximum atomic E-state index is 14.0. The summed E-state index contributed by atoms with van der Waals surface area (Å²) in [6.07, 6.45) is -1.44. The highest BCUT2D eigenvalue weighted by Crippen LogP contribution is 2.34. The number of rotatable bonds is 7. The standard InChI is InChI=1S/C31H40F2N4O3/c1-18(34-28(40)26(38)19-10-12-20(13-11-19)29(2,3)4)27(39)35-25-17-24(36-37(25)30(5,6)7)31(8,9)21-14-22(32)16-23(33)15-21/h10-18,26,38H,1-9H3,(H,34,40)(H,35,39)/t18-,26-/m0/s1. The third-order valence-corrected chi connectivity index (χ3v) is 6.91. The number of amides is 2. The molecule has 0 saturated heterocycles. The fourth-order valence-corrected chi connectivity index (χ4v) is 4.26. The molecular formula is C31H40F2N4O3. The lowest BCUT2D eigenvalue weighted by molar-refractivity contribution is -0.132. The monoisotopic (exact) mass is 554 g/mol. The van der Waals surface area contributed by atoms with Crippen LogP contribution < -0.4 is 10.6 Å². The van der Waals surface area contributed by atoms with Gasteiger partial charge in [-0.3, -0.25) is 9.59 Å². The van der Waals surface area contributed by atoms with Gasteiger partial charge >= 0.3 is 0 Å². The fraction of sp³-hybridized carbons (Fsp3) is 0.452. The van der Waals surface area contributed by atoms with E-state index in [2.05, 4.69) is 36.5 Å². The van der Waals surface area contributed by atoms with Crippen molar-refractivity contribution >= 4 is 17.6 Å². The molecule has 2 aromatic carbocycles. The summed E-state index contributed by atoms with van der Waals surface area (Å²) >= 11 is 0. The van der Waals surface area contributed by atoms with Crippen LogP contribution in [0.1, 0.15) is 90.8 Å². The Morgan fingerprint density at radius 1 is 0.850 bits per heavy atom. The molecule has 0 aliphatic heterocycles. The molecule has 0 radical (unpaired) electrons. The van der Waals surface area contributed by atoms with Crippen LogP contribution in [0.15, 0.2) is 48.5 Å². The molecule has 1 aromatic heterocycles. The molecule has 2 amide bonds. The first-order valence-corrected chi connectivity index (χ1v) is 13.3. The zero-order valence-corrected chi connectivity index (χ0v) is 24.7. The highest BCUT2D eigenvalue weighted by Gasteiger charge is 2.32. The van der Waals surface area contributed by atoms with Crippen LogP contribution in [0.25, 0.3) is 0 Å². The number of carbonyl (C=O) groups excluding carboxylic acids is 2. The van der Waals surface area contributed by atoms with Crippen molar-refractivity contribution in [3.63, 3.8) is 0 Å². The van der Waals surface area contributed by atoms with Crippen LogP contribution in [-0.2, 0) is 26.0 Å². The van der Waals surface area contributed by atoms with Gasteiger partial charge in [0.2, 0.25) is 5.91 Å². The van der Waals surface area contributed by atoms with Gasteiger partial charge in [0.05, 0.1) is 11.2 Å². The van der Waals surface area contributed by atoms with Crippen molar-refractivity contribution in [2.75, 3.05) is 5.32 Å². The van der Waals surface area contributed by atoms with Crippen molar-refractivity contribution < 1.29 is 23.5 Å². The first kappa shape index (κ1) is 30.9. The molecular weight excluding hydrogens is 514 g/mol. The lowest BCUT2D eigenvalue weighted by atomic mass is 9.81. The third kappa shape index (κ3) is 6.94. The lowest BCUT2D eigenvalue weighted by Gasteiger charge is -2.25. The SMILES string of the molecule is C[C@H](NC(=O)[C@@H](O)c1ccc(C(C)(C)C)cc1)C(=O)Nc1cc(C(C)(C)c2cc(F)cc(F)c2)nn1C(C)(C)C. The van der Waals surface area contributed by atoms with Crippen LogP contribution in [-0.4, -0.2) is 32.7 Å². The van der Waals surface area contributed by atoms with Gasteiger partial charge in [-0.1, -0.05) is 58.9 Å². The van der Waals surface area contributed by atoms with Crippen molar-refractivity contribution in [2.24, 2.45) is 0 Å². The minimum absolute atomic E-state index is 0.0690. The Morgan fingerprint density at radius 3 is 1.90 bits per heavy atom. The maximum Gasteiger partial charge on any atom is 0.254 e. The zero-order valence-electron chi connectivity index (χ0n) is 24.7. The van der Waals surface area contributed by atoms with Crippen LogP contribution in [0.2, 0.25) is 0 Å². The van der Waals surface area contributed by atoms with E-state index >= 15 is 0 Å². The lowest BCUT2D eigenvalue weighted by Crippen LogP contribution is -2.44. The van der Waals surface area contributed by atoms with Crippen molar-refractivity contribution in [1.29, 1.82) is 0 Å². The molecule has 7 nitrogen and oxygen atoms in total. The van der Waals surface area contributed by atoms with E-state index in [4.69, 9.17) is 0 Å². The summed E-state index contributed by atoms with van der Waals surface area (Å²) in [5.41, 5.74) is 0.875. The van der Waals surface area contributed by atoms with Gasteiger partial charge in [0.25, 0.3) is 5.91 Å². The number of hydrogen-bond acceptors (Lipinski definition) is 4. The molecule has 40 heavy (non-hydrogen) atoms. The van der Waals surface area contributed by atoms with E-state index in [1.807, 2.05) is 32.9 Å². The van der Waals surface area contributed by atoms with E-state index in [1.165, 1.54) is 19.1 Å². The van der Waals surface area contributed by atoms with Gasteiger partial charge < -0.3 is 15.7 Å². The molecule has 0 unspecified atom stereocenters. The molecule has 0 spiro atoms. The number of aliphatic hydroxyl groups is 1. The minimum atomic E-state index is -1.44. The van der Waals surface area contributed by atoms with Gasteiger partial charge in [-0.25, -0.2) is 13.5 Å². The number of nitrogens with zero attached hydrogens (tertiary/aromatic N) is 2. The molecule has 3 rings (SSSR count). The average Bonchev–Trinajstić information content (AvgIpc) is 3.27. The second-order valence-corrected chi connectivity index (χ2v) is 12.8. The molecule has 0 saturated carbocycles. The average molecular weight is 555 g/mol. The Balaban J connectivity index is 1.79. The Labute approximate surface area is 235 Å². The summed E-state index contributed by atoms with van der Waals surface area (Å²) in [6.45, 7) is 17.0. The quantitative estimate of drug-likeness (QED) is 0.348. The number of anilines is 1. The second-order valence-electron chi connectivity index (χ2n) is 12.8. The number of nitrogens with one attached hydrogen (secondary N) is 2. The van der Waals surface area contributed by atoms with Gasteiger partial charge in [0, 0.05) is 17.5 Å². The van der Waals surface area contributed by atoms with Gasteiger partial charge in [0.1, 0.15) is 23.5 Å². The number of aliphatic hydroxyl groups excluding tert-OH is 1. The van der Waals surface area contributed by atoms with Crippen molar-refractivity contribution in [2.45, 2.75) is 90.8 Å². The largest absolute Gasteiger partial charge is 0.378 e. The van der Waals surface area contributed by atoms with Crippen LogP contribution in [0, 0.1) is 11.6 Å². The smallest absolute Gasteiger partial charge is 0.254 e. The number of hydrogen-bond donors (Lipinski definition) is 3. The second kappa shape index (κ2) is 11.1. The van der Waals surface area contributed by atoms with E-state index in [0.717, 1.165) is 11.6 Å². The molecule has 0 fully saturated rings. The first-order valence-electron chi connectivity index (χ1n) is 13.3. The van der Waals surface area contributed by atoms with Crippen LogP contribution >= 0.6 is 0 Å². The first-order chi connectivity index (χ1) is 18.3. The summed E-state index contributed by atoms with van der Waals surface area (Å²) < 4.78 is 29.6. The minimum Gasteiger partial charge on any atom is -0.378 e. The van der Waals surface area contributed by atoms with Gasteiger partial charge in [-0.2, -0.15) is 5.10 Å². The molecule has 9 heteroatoms. The number of benzene rings is 2.